The molecule has 2 N–H and O–H groups in total. The number of carbonyl (C=O) groups excluding carboxylic acids is 1. The molecule has 1 aromatic rings. The van der Waals surface area contributed by atoms with E-state index in [0.717, 1.165) is 8.04 Å². The molecule has 0 spiro atoms. The van der Waals surface area contributed by atoms with Crippen molar-refractivity contribution < 1.29 is 4.79 Å². The molecule has 0 aliphatic carbocycles. The highest BCUT2D eigenvalue weighted by Crippen LogP contribution is 2.25. The minimum atomic E-state index is 0.0475. The number of rotatable bonds is 1. The van der Waals surface area contributed by atoms with Crippen LogP contribution in [0, 0.1) is 3.57 Å². The molecule has 0 aromatic heterocycles. The van der Waals surface area contributed by atoms with Crippen LogP contribution in [0.4, 0.5) is 5.69 Å². The molecule has 64 valence electrons. The molecule has 0 amide bonds. The molecule has 0 bridgehead atoms. The fourth-order valence-corrected chi connectivity index (χ4v) is 3.09. The van der Waals surface area contributed by atoms with E-state index in [4.69, 9.17) is 5.73 Å². The fraction of sp³-hybridized carbons (Fsp3) is 0.125. The SMILES string of the molecule is CC(=O)c1c(Br)cc(N)cc1I. The Bertz CT molecular complexity index is 315. The van der Waals surface area contributed by atoms with Crippen LogP contribution in [0.15, 0.2) is 16.6 Å². The van der Waals surface area contributed by atoms with Crippen LogP contribution in [-0.2, 0) is 0 Å². The Balaban J connectivity index is 3.38. The molecular formula is C8H7BrINO. The highest BCUT2D eigenvalue weighted by Gasteiger charge is 2.09. The largest absolute Gasteiger partial charge is 0.399 e. The monoisotopic (exact) mass is 339 g/mol. The topological polar surface area (TPSA) is 43.1 Å². The predicted molar refractivity (Wildman–Crippen MR) is 61.3 cm³/mol. The van der Waals surface area contributed by atoms with Crippen molar-refractivity contribution in [1.82, 2.24) is 0 Å². The van der Waals surface area contributed by atoms with Crippen molar-refractivity contribution in [2.75, 3.05) is 5.73 Å². The van der Waals surface area contributed by atoms with Gasteiger partial charge in [-0.05, 0) is 57.6 Å². The average Bonchev–Trinajstić information content (AvgIpc) is 1.82. The first-order valence-corrected chi connectivity index (χ1v) is 5.15. The summed E-state index contributed by atoms with van der Waals surface area (Å²) in [4.78, 5) is 11.1. The van der Waals surface area contributed by atoms with E-state index in [2.05, 4.69) is 38.5 Å². The molecular weight excluding hydrogens is 333 g/mol. The highest BCUT2D eigenvalue weighted by atomic mass is 127. The van der Waals surface area contributed by atoms with E-state index in [-0.39, 0.29) is 5.78 Å². The second-order valence-corrected chi connectivity index (χ2v) is 4.43. The summed E-state index contributed by atoms with van der Waals surface area (Å²) in [7, 11) is 0. The molecule has 0 saturated carbocycles. The van der Waals surface area contributed by atoms with Crippen LogP contribution in [0.1, 0.15) is 17.3 Å². The molecule has 0 aliphatic heterocycles. The fourth-order valence-electron chi connectivity index (χ4n) is 0.929. The van der Waals surface area contributed by atoms with Crippen LogP contribution in [0.5, 0.6) is 0 Å². The van der Waals surface area contributed by atoms with Gasteiger partial charge in [0.05, 0.1) is 0 Å². The lowest BCUT2D eigenvalue weighted by Gasteiger charge is -2.04. The van der Waals surface area contributed by atoms with Gasteiger partial charge in [-0.3, -0.25) is 4.79 Å². The van der Waals surface area contributed by atoms with E-state index in [9.17, 15) is 4.79 Å². The predicted octanol–water partition coefficient (Wildman–Crippen LogP) is 2.84. The number of ketones is 1. The lowest BCUT2D eigenvalue weighted by molar-refractivity contribution is 0.101. The van der Waals surface area contributed by atoms with Crippen molar-refractivity contribution in [2.24, 2.45) is 0 Å². The van der Waals surface area contributed by atoms with E-state index in [0.29, 0.717) is 11.3 Å². The number of halogens is 2. The van der Waals surface area contributed by atoms with Gasteiger partial charge >= 0.3 is 0 Å². The number of nitrogens with two attached hydrogens (primary N) is 1. The summed E-state index contributed by atoms with van der Waals surface area (Å²) in [5.74, 6) is 0.0475. The van der Waals surface area contributed by atoms with Gasteiger partial charge in [0.2, 0.25) is 0 Å². The third-order valence-corrected chi connectivity index (χ3v) is 2.89. The quantitative estimate of drug-likeness (QED) is 0.485. The molecule has 0 aliphatic rings. The van der Waals surface area contributed by atoms with Crippen molar-refractivity contribution in [1.29, 1.82) is 0 Å². The van der Waals surface area contributed by atoms with Gasteiger partial charge in [0.1, 0.15) is 0 Å². The van der Waals surface area contributed by atoms with E-state index >= 15 is 0 Å². The van der Waals surface area contributed by atoms with Crippen LogP contribution < -0.4 is 5.73 Å². The maximum absolute atomic E-state index is 11.1. The van der Waals surface area contributed by atoms with Gasteiger partial charge in [-0.1, -0.05) is 0 Å². The van der Waals surface area contributed by atoms with Crippen molar-refractivity contribution in [3.8, 4) is 0 Å². The molecule has 0 radical (unpaired) electrons. The standard InChI is InChI=1S/C8H7BrINO/c1-4(12)8-6(9)2-5(11)3-7(8)10/h2-3H,11H2,1H3. The first kappa shape index (κ1) is 9.98. The third-order valence-electron chi connectivity index (χ3n) is 1.42. The summed E-state index contributed by atoms with van der Waals surface area (Å²) >= 11 is 5.39. The maximum atomic E-state index is 11.1. The van der Waals surface area contributed by atoms with E-state index in [1.54, 1.807) is 19.1 Å². The van der Waals surface area contributed by atoms with Gasteiger partial charge in [0, 0.05) is 19.3 Å². The number of nitrogen functional groups attached to an aromatic ring is 1. The normalized spacial score (nSPS) is 9.92. The minimum Gasteiger partial charge on any atom is -0.399 e. The number of benzene rings is 1. The summed E-state index contributed by atoms with van der Waals surface area (Å²) in [5.41, 5.74) is 6.94. The summed E-state index contributed by atoms with van der Waals surface area (Å²) in [5, 5.41) is 0. The van der Waals surface area contributed by atoms with Gasteiger partial charge in [-0.15, -0.1) is 0 Å². The molecule has 4 heteroatoms. The molecule has 12 heavy (non-hydrogen) atoms. The number of carbonyl (C=O) groups is 1. The van der Waals surface area contributed by atoms with Crippen LogP contribution in [0.25, 0.3) is 0 Å². The molecule has 0 fully saturated rings. The number of hydrogen-bond acceptors (Lipinski definition) is 2. The first-order chi connectivity index (χ1) is 5.52. The van der Waals surface area contributed by atoms with Gasteiger partial charge in [-0.2, -0.15) is 0 Å². The van der Waals surface area contributed by atoms with Gasteiger partial charge in [0.25, 0.3) is 0 Å². The Morgan fingerprint density at radius 2 is 2.17 bits per heavy atom. The van der Waals surface area contributed by atoms with Crippen LogP contribution >= 0.6 is 38.5 Å². The van der Waals surface area contributed by atoms with Gasteiger partial charge < -0.3 is 5.73 Å². The zero-order valence-electron chi connectivity index (χ0n) is 6.40. The Morgan fingerprint density at radius 1 is 1.58 bits per heavy atom. The number of Topliss-reactive ketones (excluding diaryl/α,β-unsaturated/α-hetero) is 1. The molecule has 0 heterocycles. The van der Waals surface area contributed by atoms with Crippen LogP contribution in [0.3, 0.4) is 0 Å². The van der Waals surface area contributed by atoms with E-state index in [1.807, 2.05) is 0 Å². The van der Waals surface area contributed by atoms with Crippen molar-refractivity contribution in [3.63, 3.8) is 0 Å². The number of anilines is 1. The van der Waals surface area contributed by atoms with Crippen molar-refractivity contribution in [2.45, 2.75) is 6.92 Å². The first-order valence-electron chi connectivity index (χ1n) is 3.28. The summed E-state index contributed by atoms with van der Waals surface area (Å²) < 4.78 is 1.64. The van der Waals surface area contributed by atoms with Crippen LogP contribution in [0.2, 0.25) is 0 Å². The smallest absolute Gasteiger partial charge is 0.162 e. The second kappa shape index (κ2) is 3.74. The lowest BCUT2D eigenvalue weighted by atomic mass is 10.1. The van der Waals surface area contributed by atoms with E-state index in [1.165, 1.54) is 0 Å². The lowest BCUT2D eigenvalue weighted by Crippen LogP contribution is -1.99. The van der Waals surface area contributed by atoms with Gasteiger partial charge in [0.15, 0.2) is 5.78 Å². The average molecular weight is 340 g/mol. The van der Waals surface area contributed by atoms with Gasteiger partial charge in [-0.25, -0.2) is 0 Å². The number of hydrogen-bond donors (Lipinski definition) is 1. The molecule has 0 atom stereocenters. The Morgan fingerprint density at radius 3 is 2.58 bits per heavy atom. The maximum Gasteiger partial charge on any atom is 0.162 e. The summed E-state index contributed by atoms with van der Waals surface area (Å²) in [6.07, 6.45) is 0. The molecule has 0 saturated heterocycles. The molecule has 2 nitrogen and oxygen atoms in total. The van der Waals surface area contributed by atoms with E-state index < -0.39 is 0 Å². The Hall–Kier alpha value is -0.100. The minimum absolute atomic E-state index is 0.0475. The molecule has 0 unspecified atom stereocenters. The van der Waals surface area contributed by atoms with Crippen LogP contribution in [-0.4, -0.2) is 5.78 Å². The summed E-state index contributed by atoms with van der Waals surface area (Å²) in [6, 6.07) is 3.51. The Labute approximate surface area is 92.8 Å². The summed E-state index contributed by atoms with van der Waals surface area (Å²) in [6.45, 7) is 1.54. The third kappa shape index (κ3) is 1.98. The Kier molecular flexibility index (Phi) is 3.11. The zero-order valence-corrected chi connectivity index (χ0v) is 10.1. The second-order valence-electron chi connectivity index (χ2n) is 2.42. The molecule has 1 aromatic carbocycles. The van der Waals surface area contributed by atoms with Crippen molar-refractivity contribution in [3.05, 3.63) is 25.7 Å². The highest BCUT2D eigenvalue weighted by molar-refractivity contribution is 14.1. The zero-order chi connectivity index (χ0) is 9.30. The molecule has 1 rings (SSSR count). The van der Waals surface area contributed by atoms with Crippen molar-refractivity contribution >= 4 is 50.0 Å².